The summed E-state index contributed by atoms with van der Waals surface area (Å²) in [6, 6.07) is 2.16. The molecule has 1 aromatic carbocycles. The van der Waals surface area contributed by atoms with Crippen LogP contribution < -0.4 is 5.73 Å². The number of ether oxygens (including phenoxy) is 1. The SMILES string of the molecule is COC(=O)[C@@H](N)c1cccc(F)c1F.Cl. The number of carbonyl (C=O) groups excluding carboxylic acids is 1. The molecule has 0 fully saturated rings. The van der Waals surface area contributed by atoms with Crippen molar-refractivity contribution in [3.05, 3.63) is 35.4 Å². The number of methoxy groups -OCH3 is 1. The van der Waals surface area contributed by atoms with E-state index >= 15 is 0 Å². The van der Waals surface area contributed by atoms with Gasteiger partial charge in [0.2, 0.25) is 0 Å². The van der Waals surface area contributed by atoms with Crippen LogP contribution >= 0.6 is 12.4 Å². The molecule has 6 heteroatoms. The van der Waals surface area contributed by atoms with Gasteiger partial charge >= 0.3 is 5.97 Å². The molecule has 0 saturated heterocycles. The Morgan fingerprint density at radius 1 is 1.47 bits per heavy atom. The van der Waals surface area contributed by atoms with Gasteiger partial charge in [-0.1, -0.05) is 12.1 Å². The van der Waals surface area contributed by atoms with Crippen molar-refractivity contribution in [2.24, 2.45) is 5.73 Å². The highest BCUT2D eigenvalue weighted by molar-refractivity contribution is 5.85. The van der Waals surface area contributed by atoms with Crippen molar-refractivity contribution < 1.29 is 18.3 Å². The topological polar surface area (TPSA) is 52.3 Å². The van der Waals surface area contributed by atoms with Crippen LogP contribution in [0.2, 0.25) is 0 Å². The maximum absolute atomic E-state index is 13.1. The van der Waals surface area contributed by atoms with E-state index in [1.165, 1.54) is 12.1 Å². The maximum atomic E-state index is 13.1. The number of carbonyl (C=O) groups is 1. The van der Waals surface area contributed by atoms with E-state index in [0.29, 0.717) is 0 Å². The number of hydrogen-bond donors (Lipinski definition) is 1. The molecule has 0 aliphatic rings. The summed E-state index contributed by atoms with van der Waals surface area (Å²) < 4.78 is 30.1. The van der Waals surface area contributed by atoms with Gasteiger partial charge in [0.05, 0.1) is 7.11 Å². The smallest absolute Gasteiger partial charge is 0.327 e. The normalized spacial score (nSPS) is 11.5. The molecule has 2 N–H and O–H groups in total. The number of nitrogens with two attached hydrogens (primary N) is 1. The standard InChI is InChI=1S/C9H9F2NO2.ClH/c1-14-9(13)8(12)5-3-2-4-6(10)7(5)11;/h2-4,8H,12H2,1H3;1H/t8-;/m0./s1. The zero-order chi connectivity index (χ0) is 10.7. The fraction of sp³-hybridized carbons (Fsp3) is 0.222. The summed E-state index contributed by atoms with van der Waals surface area (Å²) in [4.78, 5) is 10.9. The van der Waals surface area contributed by atoms with Crippen LogP contribution in [-0.2, 0) is 9.53 Å². The molecule has 1 atom stereocenters. The third-order valence-corrected chi connectivity index (χ3v) is 1.77. The van der Waals surface area contributed by atoms with Gasteiger partial charge in [0.1, 0.15) is 6.04 Å². The van der Waals surface area contributed by atoms with Gasteiger partial charge in [0.15, 0.2) is 11.6 Å². The summed E-state index contributed by atoms with van der Waals surface area (Å²) >= 11 is 0. The quantitative estimate of drug-likeness (QED) is 0.795. The highest BCUT2D eigenvalue weighted by Crippen LogP contribution is 2.18. The molecule has 84 valence electrons. The Balaban J connectivity index is 0.00000196. The van der Waals surface area contributed by atoms with Gasteiger partial charge in [0, 0.05) is 5.56 Å². The van der Waals surface area contributed by atoms with Gasteiger partial charge < -0.3 is 10.5 Å². The van der Waals surface area contributed by atoms with Crippen molar-refractivity contribution in [2.45, 2.75) is 6.04 Å². The van der Waals surface area contributed by atoms with Crippen LogP contribution in [0.25, 0.3) is 0 Å². The molecule has 0 amide bonds. The van der Waals surface area contributed by atoms with E-state index in [9.17, 15) is 13.6 Å². The van der Waals surface area contributed by atoms with Crippen molar-refractivity contribution in [1.82, 2.24) is 0 Å². The summed E-state index contributed by atoms with van der Waals surface area (Å²) in [6.07, 6.45) is 0. The lowest BCUT2D eigenvalue weighted by Gasteiger charge is -2.10. The lowest BCUT2D eigenvalue weighted by atomic mass is 10.1. The van der Waals surface area contributed by atoms with E-state index in [-0.39, 0.29) is 18.0 Å². The minimum Gasteiger partial charge on any atom is -0.468 e. The first-order valence-corrected chi connectivity index (χ1v) is 3.85. The van der Waals surface area contributed by atoms with Crippen LogP contribution in [0.15, 0.2) is 18.2 Å². The average molecular weight is 238 g/mol. The summed E-state index contributed by atoms with van der Waals surface area (Å²) in [6.45, 7) is 0. The predicted molar refractivity (Wildman–Crippen MR) is 52.6 cm³/mol. The van der Waals surface area contributed by atoms with Crippen LogP contribution in [-0.4, -0.2) is 13.1 Å². The van der Waals surface area contributed by atoms with E-state index < -0.39 is 23.6 Å². The Hall–Kier alpha value is -1.20. The monoisotopic (exact) mass is 237 g/mol. The first-order chi connectivity index (χ1) is 6.57. The fourth-order valence-electron chi connectivity index (χ4n) is 1.01. The highest BCUT2D eigenvalue weighted by atomic mass is 35.5. The third kappa shape index (κ3) is 2.87. The fourth-order valence-corrected chi connectivity index (χ4v) is 1.01. The molecule has 0 heterocycles. The Bertz CT molecular complexity index is 360. The molecule has 3 nitrogen and oxygen atoms in total. The molecular formula is C9H10ClF2NO2. The second-order valence-electron chi connectivity index (χ2n) is 2.64. The van der Waals surface area contributed by atoms with Crippen LogP contribution in [0.5, 0.6) is 0 Å². The summed E-state index contributed by atoms with van der Waals surface area (Å²) in [5.74, 6) is -2.97. The van der Waals surface area contributed by atoms with Crippen molar-refractivity contribution in [2.75, 3.05) is 7.11 Å². The Morgan fingerprint density at radius 3 is 2.60 bits per heavy atom. The molecule has 0 saturated carbocycles. The lowest BCUT2D eigenvalue weighted by molar-refractivity contribution is -0.142. The molecule has 15 heavy (non-hydrogen) atoms. The van der Waals surface area contributed by atoms with Gasteiger partial charge in [-0.05, 0) is 6.07 Å². The van der Waals surface area contributed by atoms with Crippen LogP contribution in [0, 0.1) is 11.6 Å². The summed E-state index contributed by atoms with van der Waals surface area (Å²) in [7, 11) is 1.12. The molecule has 0 bridgehead atoms. The second kappa shape index (κ2) is 5.63. The second-order valence-corrected chi connectivity index (χ2v) is 2.64. The lowest BCUT2D eigenvalue weighted by Crippen LogP contribution is -2.24. The van der Waals surface area contributed by atoms with Crippen molar-refractivity contribution in [1.29, 1.82) is 0 Å². The van der Waals surface area contributed by atoms with E-state index in [2.05, 4.69) is 4.74 Å². The van der Waals surface area contributed by atoms with E-state index in [1.54, 1.807) is 0 Å². The number of halogens is 3. The number of esters is 1. The molecule has 0 aliphatic heterocycles. The van der Waals surface area contributed by atoms with Crippen molar-refractivity contribution in [3.63, 3.8) is 0 Å². The predicted octanol–water partition coefficient (Wildman–Crippen LogP) is 1.56. The average Bonchev–Trinajstić information content (AvgIpc) is 2.20. The van der Waals surface area contributed by atoms with Gasteiger partial charge in [-0.25, -0.2) is 8.78 Å². The molecule has 1 rings (SSSR count). The minimum absolute atomic E-state index is 0. The molecule has 1 aromatic rings. The molecular weight excluding hydrogens is 228 g/mol. The summed E-state index contributed by atoms with van der Waals surface area (Å²) in [5, 5.41) is 0. The highest BCUT2D eigenvalue weighted by Gasteiger charge is 2.21. The third-order valence-electron chi connectivity index (χ3n) is 1.77. The van der Waals surface area contributed by atoms with Gasteiger partial charge in [0.25, 0.3) is 0 Å². The largest absolute Gasteiger partial charge is 0.468 e. The molecule has 0 aromatic heterocycles. The molecule has 0 radical (unpaired) electrons. The number of rotatable bonds is 2. The van der Waals surface area contributed by atoms with E-state index in [1.807, 2.05) is 0 Å². The summed E-state index contributed by atoms with van der Waals surface area (Å²) in [5.41, 5.74) is 5.13. The zero-order valence-electron chi connectivity index (χ0n) is 7.87. The molecule has 0 aliphatic carbocycles. The Kier molecular flexibility index (Phi) is 5.18. The Labute approximate surface area is 91.6 Å². The van der Waals surface area contributed by atoms with Crippen molar-refractivity contribution >= 4 is 18.4 Å². The minimum atomic E-state index is -1.30. The van der Waals surface area contributed by atoms with Crippen molar-refractivity contribution in [3.8, 4) is 0 Å². The van der Waals surface area contributed by atoms with Gasteiger partial charge in [-0.15, -0.1) is 12.4 Å². The van der Waals surface area contributed by atoms with E-state index in [0.717, 1.165) is 13.2 Å². The van der Waals surface area contributed by atoms with Crippen LogP contribution in [0.1, 0.15) is 11.6 Å². The van der Waals surface area contributed by atoms with Crippen LogP contribution in [0.4, 0.5) is 8.78 Å². The van der Waals surface area contributed by atoms with E-state index in [4.69, 9.17) is 5.73 Å². The first kappa shape index (κ1) is 13.8. The van der Waals surface area contributed by atoms with Crippen LogP contribution in [0.3, 0.4) is 0 Å². The maximum Gasteiger partial charge on any atom is 0.327 e. The Morgan fingerprint density at radius 2 is 2.07 bits per heavy atom. The molecule has 0 unspecified atom stereocenters. The van der Waals surface area contributed by atoms with Gasteiger partial charge in [-0.2, -0.15) is 0 Å². The number of hydrogen-bond acceptors (Lipinski definition) is 3. The number of benzene rings is 1. The molecule has 0 spiro atoms. The zero-order valence-corrected chi connectivity index (χ0v) is 8.68. The van der Waals surface area contributed by atoms with Gasteiger partial charge in [-0.3, -0.25) is 4.79 Å². The first-order valence-electron chi connectivity index (χ1n) is 3.85.